The van der Waals surface area contributed by atoms with Crippen LogP contribution < -0.4 is 5.56 Å². The Hall–Kier alpha value is -2.83. The van der Waals surface area contributed by atoms with E-state index in [-0.39, 0.29) is 29.0 Å². The van der Waals surface area contributed by atoms with Crippen molar-refractivity contribution >= 4 is 28.5 Å². The largest absolute Gasteiger partial charge is 0.463 e. The van der Waals surface area contributed by atoms with Crippen molar-refractivity contribution < 1.29 is 14.3 Å². The van der Waals surface area contributed by atoms with Gasteiger partial charge in [-0.15, -0.1) is 0 Å². The van der Waals surface area contributed by atoms with E-state index in [0.717, 1.165) is 55.5 Å². The lowest BCUT2D eigenvalue weighted by atomic mass is 9.53. The van der Waals surface area contributed by atoms with Gasteiger partial charge < -0.3 is 4.74 Å². The van der Waals surface area contributed by atoms with E-state index in [2.05, 4.69) is 4.99 Å². The topological polar surface area (TPSA) is 90.6 Å². The highest BCUT2D eigenvalue weighted by atomic mass is 16.5. The molecule has 0 aliphatic heterocycles. The van der Waals surface area contributed by atoms with Gasteiger partial charge in [-0.2, -0.15) is 0 Å². The summed E-state index contributed by atoms with van der Waals surface area (Å²) in [5.74, 6) is 0.478. The van der Waals surface area contributed by atoms with Crippen LogP contribution in [-0.2, 0) is 26.8 Å². The van der Waals surface area contributed by atoms with Crippen molar-refractivity contribution in [1.82, 2.24) is 9.55 Å². The summed E-state index contributed by atoms with van der Waals surface area (Å²) >= 11 is 0. The van der Waals surface area contributed by atoms with E-state index in [0.29, 0.717) is 16.6 Å². The van der Waals surface area contributed by atoms with Crippen molar-refractivity contribution in [2.24, 2.45) is 22.9 Å². The second-order valence-electron chi connectivity index (χ2n) is 12.3. The predicted octanol–water partition coefficient (Wildman–Crippen LogP) is 5.17. The molecule has 0 spiro atoms. The number of amides is 1. The molecular formula is C29H39N3O4. The number of rotatable bonds is 4. The first-order chi connectivity index (χ1) is 16.7. The Balaban J connectivity index is 1.81. The molecule has 0 atom stereocenters. The highest BCUT2D eigenvalue weighted by molar-refractivity contribution is 6.12. The number of hydrogen-bond acceptors (Lipinski definition) is 5. The molecule has 0 N–H and O–H groups in total. The van der Waals surface area contributed by atoms with Crippen molar-refractivity contribution in [3.8, 4) is 0 Å². The highest BCUT2D eigenvalue weighted by Gasteiger charge is 2.55. The fourth-order valence-corrected chi connectivity index (χ4v) is 5.82. The Kier molecular flexibility index (Phi) is 6.51. The summed E-state index contributed by atoms with van der Waals surface area (Å²) in [6.07, 6.45) is 4.49. The van der Waals surface area contributed by atoms with E-state index in [4.69, 9.17) is 9.72 Å². The molecule has 0 radical (unpaired) electrons. The summed E-state index contributed by atoms with van der Waals surface area (Å²) in [6, 6.07) is 3.82. The maximum Gasteiger partial charge on any atom is 0.312 e. The number of benzene rings is 1. The first-order valence-electron chi connectivity index (χ1n) is 13.0. The van der Waals surface area contributed by atoms with Crippen LogP contribution in [-0.4, -0.2) is 33.2 Å². The van der Waals surface area contributed by atoms with Gasteiger partial charge in [-0.25, -0.2) is 9.98 Å². The van der Waals surface area contributed by atoms with Crippen LogP contribution in [0.4, 0.5) is 0 Å². The van der Waals surface area contributed by atoms with E-state index in [9.17, 15) is 14.4 Å². The molecule has 3 aliphatic rings. The number of carbonyl (C=O) groups excluding carboxylic acids is 2. The van der Waals surface area contributed by atoms with Crippen LogP contribution in [0.15, 0.2) is 21.9 Å². The Morgan fingerprint density at radius 2 is 1.67 bits per heavy atom. The van der Waals surface area contributed by atoms with Gasteiger partial charge in [0.1, 0.15) is 5.82 Å². The number of aromatic nitrogens is 2. The number of nitrogens with zero attached hydrogens (tertiary/aromatic N) is 3. The highest BCUT2D eigenvalue weighted by Crippen LogP contribution is 2.57. The maximum atomic E-state index is 13.6. The zero-order chi connectivity index (χ0) is 26.6. The van der Waals surface area contributed by atoms with Gasteiger partial charge >= 0.3 is 5.97 Å². The quantitative estimate of drug-likeness (QED) is 0.433. The Bertz CT molecular complexity index is 1300. The summed E-state index contributed by atoms with van der Waals surface area (Å²) in [7, 11) is 1.80. The van der Waals surface area contributed by atoms with Gasteiger partial charge in [-0.05, 0) is 83.9 Å². The molecule has 1 aromatic carbocycles. The molecule has 194 valence electrons. The van der Waals surface area contributed by atoms with E-state index >= 15 is 0 Å². The monoisotopic (exact) mass is 493 g/mol. The van der Waals surface area contributed by atoms with Crippen LogP contribution in [0.25, 0.3) is 10.9 Å². The number of aryl methyl sites for hydroxylation is 1. The van der Waals surface area contributed by atoms with Gasteiger partial charge in [-0.1, -0.05) is 20.8 Å². The molecule has 5 rings (SSSR count). The third kappa shape index (κ3) is 4.41. The third-order valence-corrected chi connectivity index (χ3v) is 8.12. The SMILES string of the molecule is CC(=NC(=O)C(C)(C)C)c1cc(C)cc2c(=O)n(C)c(C34CCC(C(=O)OC(C)C)(CC3)CC4)nc12. The van der Waals surface area contributed by atoms with Crippen LogP contribution in [0.1, 0.15) is 97.0 Å². The summed E-state index contributed by atoms with van der Waals surface area (Å²) in [5, 5.41) is 0.534. The normalized spacial score (nSPS) is 24.4. The van der Waals surface area contributed by atoms with Crippen molar-refractivity contribution in [3.05, 3.63) is 39.4 Å². The van der Waals surface area contributed by atoms with Crippen molar-refractivity contribution in [3.63, 3.8) is 0 Å². The number of aliphatic imine (C=N–C) groups is 1. The van der Waals surface area contributed by atoms with Crippen molar-refractivity contribution in [2.45, 2.75) is 98.5 Å². The predicted molar refractivity (Wildman–Crippen MR) is 141 cm³/mol. The molecule has 36 heavy (non-hydrogen) atoms. The molecule has 7 heteroatoms. The van der Waals surface area contributed by atoms with Crippen LogP contribution in [0.2, 0.25) is 0 Å². The Morgan fingerprint density at radius 3 is 2.19 bits per heavy atom. The van der Waals surface area contributed by atoms with Crippen LogP contribution in [0.3, 0.4) is 0 Å². The number of esters is 1. The minimum Gasteiger partial charge on any atom is -0.463 e. The van der Waals surface area contributed by atoms with Gasteiger partial charge in [-0.3, -0.25) is 19.0 Å². The second kappa shape index (κ2) is 8.93. The fourth-order valence-electron chi connectivity index (χ4n) is 5.82. The third-order valence-electron chi connectivity index (χ3n) is 8.12. The van der Waals surface area contributed by atoms with E-state index in [1.54, 1.807) is 11.6 Å². The standard InChI is InChI=1S/C29H39N3O4/c1-17(2)36-26(35)29-12-9-28(10-13-29,11-14-29)24-31-22-20(19(4)30-25(34)27(5,6)7)15-18(3)16-21(22)23(33)32(24)8/h15-17H,9-14H2,1-8H3. The van der Waals surface area contributed by atoms with E-state index < -0.39 is 10.8 Å². The molecule has 1 aromatic heterocycles. The number of carbonyl (C=O) groups is 2. The molecule has 3 aliphatic carbocycles. The Morgan fingerprint density at radius 1 is 1.08 bits per heavy atom. The van der Waals surface area contributed by atoms with Gasteiger partial charge in [0.2, 0.25) is 0 Å². The number of hydrogen-bond donors (Lipinski definition) is 0. The lowest BCUT2D eigenvalue weighted by Crippen LogP contribution is -2.50. The molecule has 2 aromatic rings. The smallest absolute Gasteiger partial charge is 0.312 e. The van der Waals surface area contributed by atoms with Crippen LogP contribution in [0, 0.1) is 17.8 Å². The average molecular weight is 494 g/mol. The summed E-state index contributed by atoms with van der Waals surface area (Å²) in [6.45, 7) is 13.0. The van der Waals surface area contributed by atoms with Crippen molar-refractivity contribution in [2.75, 3.05) is 0 Å². The summed E-state index contributed by atoms with van der Waals surface area (Å²) in [5.41, 5.74) is 1.45. The molecule has 7 nitrogen and oxygen atoms in total. The van der Waals surface area contributed by atoms with Crippen LogP contribution in [0.5, 0.6) is 0 Å². The van der Waals surface area contributed by atoms with E-state index in [1.807, 2.05) is 60.6 Å². The molecule has 0 unspecified atom stereocenters. The molecule has 1 heterocycles. The summed E-state index contributed by atoms with van der Waals surface area (Å²) < 4.78 is 7.30. The lowest BCUT2D eigenvalue weighted by Gasteiger charge is -2.51. The molecular weight excluding hydrogens is 454 g/mol. The molecule has 3 saturated carbocycles. The molecule has 2 bridgehead atoms. The lowest BCUT2D eigenvalue weighted by molar-refractivity contribution is -0.167. The summed E-state index contributed by atoms with van der Waals surface area (Å²) in [4.78, 5) is 48.7. The zero-order valence-electron chi connectivity index (χ0n) is 22.9. The number of ether oxygens (including phenoxy) is 1. The van der Waals surface area contributed by atoms with Crippen molar-refractivity contribution in [1.29, 1.82) is 0 Å². The molecule has 1 amide bonds. The first-order valence-corrected chi connectivity index (χ1v) is 13.0. The second-order valence-corrected chi connectivity index (χ2v) is 12.3. The van der Waals surface area contributed by atoms with Crippen LogP contribution >= 0.6 is 0 Å². The molecule has 0 saturated heterocycles. The number of fused-ring (bicyclic) bond motifs is 4. The fraction of sp³-hybridized carbons (Fsp3) is 0.621. The Labute approximate surface area is 213 Å². The molecule has 3 fully saturated rings. The zero-order valence-corrected chi connectivity index (χ0v) is 22.9. The first kappa shape index (κ1) is 26.2. The van der Waals surface area contributed by atoms with Gasteiger partial charge in [0.15, 0.2) is 0 Å². The maximum absolute atomic E-state index is 13.6. The minimum atomic E-state index is -0.595. The van der Waals surface area contributed by atoms with Gasteiger partial charge in [0, 0.05) is 23.4 Å². The van der Waals surface area contributed by atoms with E-state index in [1.165, 1.54) is 0 Å². The average Bonchev–Trinajstić information content (AvgIpc) is 2.81. The van der Waals surface area contributed by atoms with Gasteiger partial charge in [0.25, 0.3) is 11.5 Å². The minimum absolute atomic E-state index is 0.0840. The van der Waals surface area contributed by atoms with Gasteiger partial charge in [0.05, 0.1) is 28.1 Å².